The molecule has 0 bridgehead atoms. The molecule has 0 radical (unpaired) electrons. The molecule has 0 aliphatic rings. The van der Waals surface area contributed by atoms with E-state index in [1.54, 1.807) is 31.6 Å². The van der Waals surface area contributed by atoms with Gasteiger partial charge in [0.15, 0.2) is 18.4 Å². The molecule has 246 valence electrons. The number of rotatable bonds is 16. The summed E-state index contributed by atoms with van der Waals surface area (Å²) in [4.78, 5) is 16.5. The van der Waals surface area contributed by atoms with Gasteiger partial charge in [-0.05, 0) is 41.3 Å². The number of nitrogens with two attached hydrogens (primary N) is 1. The number of esters is 1. The highest BCUT2D eigenvalue weighted by molar-refractivity contribution is 5.78. The van der Waals surface area contributed by atoms with Gasteiger partial charge in [0.25, 0.3) is 5.88 Å². The second-order valence-electron chi connectivity index (χ2n) is 10.8. The monoisotopic (exact) mass is 643 g/mol. The highest BCUT2D eigenvalue weighted by atomic mass is 16.7. The molecule has 5 rings (SSSR count). The molecule has 4 aromatic heterocycles. The van der Waals surface area contributed by atoms with Crippen LogP contribution in [0, 0.1) is 5.92 Å². The highest BCUT2D eigenvalue weighted by Crippen LogP contribution is 2.33. The predicted molar refractivity (Wildman–Crippen MR) is 171 cm³/mol. The lowest BCUT2D eigenvalue weighted by molar-refractivity contribution is -0.144. The minimum atomic E-state index is -0.555. The average Bonchev–Trinajstić information content (AvgIpc) is 3.75. The molecule has 0 saturated carbocycles. The molecular formula is C33H37N7O7. The second-order valence-corrected chi connectivity index (χ2v) is 10.8. The molecule has 4 heterocycles. The second kappa shape index (κ2) is 15.7. The number of carbonyl (C=O) groups excluding carboxylic acids is 1. The SMILES string of the molecule is COCOc1ccccc1-c1cc(-c2cnn(CCc3ccc(OCCOc4cc(C(C(=O)OC)C(C)C)on4)nc3)c2)c(N)nn1. The summed E-state index contributed by atoms with van der Waals surface area (Å²) >= 11 is 0. The molecule has 0 aliphatic heterocycles. The Labute approximate surface area is 271 Å². The van der Waals surface area contributed by atoms with E-state index < -0.39 is 5.92 Å². The molecule has 1 atom stereocenters. The molecule has 0 spiro atoms. The fourth-order valence-corrected chi connectivity index (χ4v) is 4.83. The van der Waals surface area contributed by atoms with Gasteiger partial charge in [-0.1, -0.05) is 32.0 Å². The van der Waals surface area contributed by atoms with Crippen molar-refractivity contribution in [3.8, 4) is 39.9 Å². The van der Waals surface area contributed by atoms with Crippen LogP contribution in [0.5, 0.6) is 17.5 Å². The Bertz CT molecular complexity index is 1750. The number of nitrogens with zero attached hydrogens (tertiary/aromatic N) is 6. The smallest absolute Gasteiger partial charge is 0.316 e. The maximum absolute atomic E-state index is 12.1. The molecule has 0 amide bonds. The van der Waals surface area contributed by atoms with Crippen LogP contribution in [-0.4, -0.2) is 70.3 Å². The molecule has 1 unspecified atom stereocenters. The van der Waals surface area contributed by atoms with Gasteiger partial charge in [-0.3, -0.25) is 9.48 Å². The van der Waals surface area contributed by atoms with Crippen molar-refractivity contribution < 1.29 is 33.0 Å². The Morgan fingerprint density at radius 3 is 2.51 bits per heavy atom. The summed E-state index contributed by atoms with van der Waals surface area (Å²) in [7, 11) is 2.91. The van der Waals surface area contributed by atoms with Gasteiger partial charge < -0.3 is 33.9 Å². The van der Waals surface area contributed by atoms with Gasteiger partial charge in [0.05, 0.1) is 19.0 Å². The van der Waals surface area contributed by atoms with Gasteiger partial charge in [-0.2, -0.15) is 5.10 Å². The van der Waals surface area contributed by atoms with E-state index in [9.17, 15) is 4.79 Å². The van der Waals surface area contributed by atoms with E-state index in [2.05, 4.69) is 25.4 Å². The Hall–Kier alpha value is -5.50. The van der Waals surface area contributed by atoms with E-state index in [4.69, 9.17) is 33.9 Å². The third-order valence-electron chi connectivity index (χ3n) is 7.21. The van der Waals surface area contributed by atoms with E-state index in [-0.39, 0.29) is 37.8 Å². The quantitative estimate of drug-likeness (QED) is 0.0901. The zero-order chi connectivity index (χ0) is 33.2. The van der Waals surface area contributed by atoms with Crippen LogP contribution < -0.4 is 19.9 Å². The van der Waals surface area contributed by atoms with Crippen LogP contribution in [0.2, 0.25) is 0 Å². The molecule has 14 nitrogen and oxygen atoms in total. The summed E-state index contributed by atoms with van der Waals surface area (Å²) in [5, 5.41) is 16.9. The van der Waals surface area contributed by atoms with Crippen molar-refractivity contribution in [2.45, 2.75) is 32.7 Å². The van der Waals surface area contributed by atoms with Crippen LogP contribution in [0.3, 0.4) is 0 Å². The van der Waals surface area contributed by atoms with Crippen LogP contribution in [0.1, 0.15) is 31.1 Å². The Kier molecular flexibility index (Phi) is 11.0. The fourth-order valence-electron chi connectivity index (χ4n) is 4.83. The minimum absolute atomic E-state index is 0.0211. The number of aryl methyl sites for hydroxylation is 2. The molecule has 0 aliphatic carbocycles. The molecule has 2 N–H and O–H groups in total. The first-order valence-corrected chi connectivity index (χ1v) is 15.0. The number of para-hydroxylation sites is 1. The van der Waals surface area contributed by atoms with Crippen molar-refractivity contribution in [3.63, 3.8) is 0 Å². The number of ether oxygens (including phenoxy) is 5. The third-order valence-corrected chi connectivity index (χ3v) is 7.21. The molecule has 0 saturated heterocycles. The molecule has 1 aromatic carbocycles. The molecule has 5 aromatic rings. The average molecular weight is 644 g/mol. The molecule has 0 fully saturated rings. The first-order chi connectivity index (χ1) is 22.9. The lowest BCUT2D eigenvalue weighted by atomic mass is 9.93. The Balaban J connectivity index is 1.11. The fraction of sp³-hybridized carbons (Fsp3) is 0.333. The van der Waals surface area contributed by atoms with Gasteiger partial charge in [0, 0.05) is 54.9 Å². The zero-order valence-electron chi connectivity index (χ0n) is 26.7. The first-order valence-electron chi connectivity index (χ1n) is 15.0. The lowest BCUT2D eigenvalue weighted by Crippen LogP contribution is -2.19. The van der Waals surface area contributed by atoms with Crippen molar-refractivity contribution in [3.05, 3.63) is 78.4 Å². The van der Waals surface area contributed by atoms with E-state index >= 15 is 0 Å². The number of hydrogen-bond donors (Lipinski definition) is 1. The van der Waals surface area contributed by atoms with Gasteiger partial charge in [0.1, 0.15) is 24.9 Å². The number of nitrogen functional groups attached to an aromatic ring is 1. The summed E-state index contributed by atoms with van der Waals surface area (Å²) < 4.78 is 34.1. The van der Waals surface area contributed by atoms with Crippen molar-refractivity contribution in [1.82, 2.24) is 30.1 Å². The maximum Gasteiger partial charge on any atom is 0.316 e. The zero-order valence-corrected chi connectivity index (χ0v) is 26.7. The largest absolute Gasteiger partial charge is 0.474 e. The van der Waals surface area contributed by atoms with Gasteiger partial charge in [-0.15, -0.1) is 10.2 Å². The first kappa shape index (κ1) is 32.9. The number of benzene rings is 1. The molecule has 47 heavy (non-hydrogen) atoms. The van der Waals surface area contributed by atoms with E-state index in [1.807, 2.05) is 61.1 Å². The summed E-state index contributed by atoms with van der Waals surface area (Å²) in [6.45, 7) is 5.01. The van der Waals surface area contributed by atoms with Crippen molar-refractivity contribution >= 4 is 11.8 Å². The Morgan fingerprint density at radius 1 is 0.957 bits per heavy atom. The van der Waals surface area contributed by atoms with E-state index in [1.165, 1.54) is 7.11 Å². The summed E-state index contributed by atoms with van der Waals surface area (Å²) in [5.41, 5.74) is 10.2. The van der Waals surface area contributed by atoms with Crippen LogP contribution in [0.15, 0.2) is 71.6 Å². The number of hydrogen-bond acceptors (Lipinski definition) is 13. The van der Waals surface area contributed by atoms with Gasteiger partial charge in [0.2, 0.25) is 5.88 Å². The number of anilines is 1. The van der Waals surface area contributed by atoms with Crippen LogP contribution in [0.4, 0.5) is 5.82 Å². The summed E-state index contributed by atoms with van der Waals surface area (Å²) in [6, 6.07) is 14.8. The molecular weight excluding hydrogens is 606 g/mol. The number of carbonyl (C=O) groups is 1. The van der Waals surface area contributed by atoms with Crippen molar-refractivity contribution in [2.75, 3.05) is 40.0 Å². The third kappa shape index (κ3) is 8.41. The van der Waals surface area contributed by atoms with Crippen molar-refractivity contribution in [2.24, 2.45) is 5.92 Å². The van der Waals surface area contributed by atoms with Crippen LogP contribution in [-0.2, 0) is 27.2 Å². The number of aromatic nitrogens is 6. The van der Waals surface area contributed by atoms with Gasteiger partial charge >= 0.3 is 5.97 Å². The predicted octanol–water partition coefficient (Wildman–Crippen LogP) is 4.57. The standard InChI is InChI=1S/C33H37N7O7/c1-21(2)31(33(41)43-4)28-16-30(39-47-28)45-14-13-44-29-10-9-22(17-35-29)11-12-40-19-23(18-36-40)25-15-26(37-38-32(25)34)24-7-5-6-8-27(24)46-20-42-3/h5-10,15-19,21,31H,11-14,20H2,1-4H3,(H2,34,38). The van der Waals surface area contributed by atoms with Crippen molar-refractivity contribution in [1.29, 1.82) is 0 Å². The number of methoxy groups -OCH3 is 2. The van der Waals surface area contributed by atoms with Crippen LogP contribution in [0.25, 0.3) is 22.4 Å². The summed E-state index contributed by atoms with van der Waals surface area (Å²) in [6.07, 6.45) is 6.15. The minimum Gasteiger partial charge on any atom is -0.474 e. The Morgan fingerprint density at radius 2 is 1.77 bits per heavy atom. The van der Waals surface area contributed by atoms with Crippen LogP contribution >= 0.6 is 0 Å². The van der Waals surface area contributed by atoms with E-state index in [0.29, 0.717) is 41.9 Å². The topological polar surface area (TPSA) is 172 Å². The normalized spacial score (nSPS) is 11.8. The lowest BCUT2D eigenvalue weighted by Gasteiger charge is -2.14. The highest BCUT2D eigenvalue weighted by Gasteiger charge is 2.29. The summed E-state index contributed by atoms with van der Waals surface area (Å²) in [5.74, 6) is 1.10. The van der Waals surface area contributed by atoms with E-state index in [0.717, 1.165) is 22.3 Å². The maximum atomic E-state index is 12.1. The van der Waals surface area contributed by atoms with Gasteiger partial charge in [-0.25, -0.2) is 4.98 Å². The number of pyridine rings is 1. The molecule has 14 heteroatoms.